The summed E-state index contributed by atoms with van der Waals surface area (Å²) < 4.78 is 13.5. The Bertz CT molecular complexity index is 1490. The van der Waals surface area contributed by atoms with Crippen molar-refractivity contribution in [1.29, 1.82) is 0 Å². The minimum absolute atomic E-state index is 0.110. The second-order valence-electron chi connectivity index (χ2n) is 7.76. The molecular weight excluding hydrogens is 430 g/mol. The van der Waals surface area contributed by atoms with Crippen LogP contribution < -0.4 is 11.0 Å². The summed E-state index contributed by atoms with van der Waals surface area (Å²) in [4.78, 5) is 32.8. The number of thiophene rings is 1. The van der Waals surface area contributed by atoms with E-state index >= 15 is 0 Å². The van der Waals surface area contributed by atoms with Crippen molar-refractivity contribution in [3.8, 4) is 11.6 Å². The summed E-state index contributed by atoms with van der Waals surface area (Å²) in [7, 11) is 0. The topological polar surface area (TPSA) is 108 Å². The number of fused-ring (bicyclic) bond motifs is 5. The van der Waals surface area contributed by atoms with Crippen molar-refractivity contribution in [1.82, 2.24) is 24.5 Å². The van der Waals surface area contributed by atoms with E-state index in [0.29, 0.717) is 23.0 Å². The van der Waals surface area contributed by atoms with Crippen LogP contribution in [0.5, 0.6) is 0 Å². The molecule has 0 saturated carbocycles. The van der Waals surface area contributed by atoms with E-state index in [9.17, 15) is 9.59 Å². The number of nitrogens with zero attached hydrogens (tertiary/aromatic N) is 4. The summed E-state index contributed by atoms with van der Waals surface area (Å²) in [5.74, 6) is 1.22. The third kappa shape index (κ3) is 3.06. The Labute approximate surface area is 185 Å². The van der Waals surface area contributed by atoms with Crippen LogP contribution in [0.25, 0.3) is 27.4 Å². The maximum Gasteiger partial charge on any atom is 0.352 e. The van der Waals surface area contributed by atoms with Crippen LogP contribution >= 0.6 is 11.3 Å². The number of rotatable bonds is 5. The van der Waals surface area contributed by atoms with Crippen molar-refractivity contribution in [2.45, 2.75) is 38.8 Å². The first-order valence-electron chi connectivity index (χ1n) is 10.5. The van der Waals surface area contributed by atoms with Gasteiger partial charge < -0.3 is 14.2 Å². The lowest BCUT2D eigenvalue weighted by Gasteiger charge is -2.11. The molecule has 162 valence electrons. The molecule has 0 aromatic carbocycles. The number of hydrogen-bond acceptors (Lipinski definition) is 7. The SMILES string of the molecule is O=C(Cn1c(=O)n2nc(-c3ccco3)nc2c2c3c(sc21)CCCC3)NCc1ccco1. The van der Waals surface area contributed by atoms with Crippen LogP contribution in [-0.2, 0) is 30.7 Å². The van der Waals surface area contributed by atoms with Gasteiger partial charge in [-0.25, -0.2) is 9.78 Å². The lowest BCUT2D eigenvalue weighted by Crippen LogP contribution is -2.34. The van der Waals surface area contributed by atoms with Gasteiger partial charge in [-0.2, -0.15) is 4.52 Å². The molecule has 5 aromatic heterocycles. The monoisotopic (exact) mass is 449 g/mol. The number of nitrogens with one attached hydrogen (secondary N) is 1. The van der Waals surface area contributed by atoms with E-state index in [2.05, 4.69) is 15.4 Å². The summed E-state index contributed by atoms with van der Waals surface area (Å²) in [6, 6.07) is 7.07. The predicted molar refractivity (Wildman–Crippen MR) is 118 cm³/mol. The highest BCUT2D eigenvalue weighted by Crippen LogP contribution is 2.37. The second-order valence-corrected chi connectivity index (χ2v) is 8.85. The third-order valence-corrected chi connectivity index (χ3v) is 7.04. The zero-order valence-electron chi connectivity index (χ0n) is 17.0. The number of aryl methyl sites for hydroxylation is 2. The van der Waals surface area contributed by atoms with Gasteiger partial charge in [-0.3, -0.25) is 9.36 Å². The number of carbonyl (C=O) groups excluding carboxylic acids is 1. The molecule has 9 nitrogen and oxygen atoms in total. The molecular formula is C22H19N5O4S. The van der Waals surface area contributed by atoms with Gasteiger partial charge in [0.25, 0.3) is 0 Å². The predicted octanol–water partition coefficient (Wildman–Crippen LogP) is 3.15. The highest BCUT2D eigenvalue weighted by molar-refractivity contribution is 7.19. The smallest absolute Gasteiger partial charge is 0.352 e. The zero-order chi connectivity index (χ0) is 21.7. The van der Waals surface area contributed by atoms with Crippen molar-refractivity contribution >= 4 is 33.1 Å². The van der Waals surface area contributed by atoms with Gasteiger partial charge in [-0.1, -0.05) is 0 Å². The Kier molecular flexibility index (Phi) is 4.46. The van der Waals surface area contributed by atoms with Gasteiger partial charge in [0.05, 0.1) is 24.5 Å². The van der Waals surface area contributed by atoms with Crippen LogP contribution in [0.1, 0.15) is 29.0 Å². The molecule has 1 amide bonds. The molecule has 0 unspecified atom stereocenters. The molecule has 1 N–H and O–H groups in total. The van der Waals surface area contributed by atoms with Crippen LogP contribution in [0.15, 0.2) is 50.4 Å². The maximum absolute atomic E-state index is 13.4. The van der Waals surface area contributed by atoms with Gasteiger partial charge in [0.1, 0.15) is 17.1 Å². The first-order valence-corrected chi connectivity index (χ1v) is 11.3. The van der Waals surface area contributed by atoms with Crippen molar-refractivity contribution in [2.75, 3.05) is 0 Å². The van der Waals surface area contributed by atoms with Gasteiger partial charge in [0.15, 0.2) is 11.4 Å². The molecule has 0 radical (unpaired) electrons. The van der Waals surface area contributed by atoms with Crippen LogP contribution in [0.3, 0.4) is 0 Å². The third-order valence-electron chi connectivity index (χ3n) is 5.72. The lowest BCUT2D eigenvalue weighted by molar-refractivity contribution is -0.121. The standard InChI is InChI=1S/C22H19N5O4S/c28-17(23-11-13-5-3-9-30-13)12-26-21-18(14-6-1-2-8-16(14)32-21)20-24-19(15-7-4-10-31-15)25-27(20)22(26)29/h3-5,7,9-10H,1-2,6,8,11-12H2,(H,23,28). The van der Waals surface area contributed by atoms with Gasteiger partial charge in [0.2, 0.25) is 11.7 Å². The van der Waals surface area contributed by atoms with E-state index in [1.165, 1.54) is 19.5 Å². The highest BCUT2D eigenvalue weighted by Gasteiger charge is 2.25. The first-order chi connectivity index (χ1) is 15.7. The van der Waals surface area contributed by atoms with Gasteiger partial charge >= 0.3 is 5.69 Å². The van der Waals surface area contributed by atoms with E-state index in [-0.39, 0.29) is 19.0 Å². The summed E-state index contributed by atoms with van der Waals surface area (Å²) in [5, 5.41) is 8.15. The zero-order valence-corrected chi connectivity index (χ0v) is 17.9. The molecule has 0 spiro atoms. The number of hydrogen-bond donors (Lipinski definition) is 1. The molecule has 6 rings (SSSR count). The minimum atomic E-state index is -0.399. The fourth-order valence-corrected chi connectivity index (χ4v) is 5.61. The molecule has 0 aliphatic heterocycles. The van der Waals surface area contributed by atoms with E-state index in [0.717, 1.165) is 35.9 Å². The van der Waals surface area contributed by atoms with Gasteiger partial charge in [-0.05, 0) is 55.5 Å². The largest absolute Gasteiger partial charge is 0.467 e. The van der Waals surface area contributed by atoms with Crippen LogP contribution in [0.4, 0.5) is 0 Å². The van der Waals surface area contributed by atoms with Crippen LogP contribution in [-0.4, -0.2) is 25.1 Å². The van der Waals surface area contributed by atoms with E-state index in [1.807, 2.05) is 0 Å². The quantitative estimate of drug-likeness (QED) is 0.442. The second kappa shape index (κ2) is 7.49. The minimum Gasteiger partial charge on any atom is -0.467 e. The van der Waals surface area contributed by atoms with E-state index < -0.39 is 5.69 Å². The Morgan fingerprint density at radius 1 is 1.16 bits per heavy atom. The molecule has 1 aliphatic rings. The van der Waals surface area contributed by atoms with Crippen molar-refractivity contribution in [2.24, 2.45) is 0 Å². The Balaban J connectivity index is 1.49. The fraction of sp³-hybridized carbons (Fsp3) is 0.273. The summed E-state index contributed by atoms with van der Waals surface area (Å²) in [6.45, 7) is 0.153. The lowest BCUT2D eigenvalue weighted by atomic mass is 9.97. The molecule has 5 heterocycles. The summed E-state index contributed by atoms with van der Waals surface area (Å²) in [5.41, 5.74) is 1.33. The van der Waals surface area contributed by atoms with E-state index in [1.54, 1.807) is 48.1 Å². The molecule has 0 saturated heterocycles. The van der Waals surface area contributed by atoms with Crippen LogP contribution in [0.2, 0.25) is 0 Å². The van der Waals surface area contributed by atoms with E-state index in [4.69, 9.17) is 8.83 Å². The molecule has 32 heavy (non-hydrogen) atoms. The Morgan fingerprint density at radius 3 is 2.81 bits per heavy atom. The molecule has 10 heteroatoms. The average Bonchev–Trinajstić information content (AvgIpc) is 3.60. The van der Waals surface area contributed by atoms with Crippen LogP contribution in [0, 0.1) is 0 Å². The normalized spacial score (nSPS) is 13.6. The molecule has 0 atom stereocenters. The Hall–Kier alpha value is -3.66. The molecule has 5 aromatic rings. The highest BCUT2D eigenvalue weighted by atomic mass is 32.1. The maximum atomic E-state index is 13.4. The molecule has 1 aliphatic carbocycles. The average molecular weight is 449 g/mol. The molecule has 0 bridgehead atoms. The number of furan rings is 2. The summed E-state index contributed by atoms with van der Waals surface area (Å²) >= 11 is 1.58. The van der Waals surface area contributed by atoms with Crippen molar-refractivity contribution in [3.05, 3.63) is 63.5 Å². The molecule has 0 fully saturated rings. The number of aromatic nitrogens is 4. The Morgan fingerprint density at radius 2 is 2.00 bits per heavy atom. The van der Waals surface area contributed by atoms with Crippen molar-refractivity contribution < 1.29 is 13.6 Å². The number of amides is 1. The van der Waals surface area contributed by atoms with Gasteiger partial charge in [-0.15, -0.1) is 16.4 Å². The van der Waals surface area contributed by atoms with Crippen molar-refractivity contribution in [3.63, 3.8) is 0 Å². The first kappa shape index (κ1) is 19.1. The number of carbonyl (C=O) groups is 1. The van der Waals surface area contributed by atoms with Gasteiger partial charge in [0, 0.05) is 4.88 Å². The summed E-state index contributed by atoms with van der Waals surface area (Å²) in [6.07, 6.45) is 7.21. The fourth-order valence-electron chi connectivity index (χ4n) is 4.23.